The third-order valence-electron chi connectivity index (χ3n) is 5.68. The van der Waals surface area contributed by atoms with E-state index in [0.717, 1.165) is 16.7 Å². The Balaban J connectivity index is 1.45. The maximum Gasteiger partial charge on any atom is 0.261 e. The van der Waals surface area contributed by atoms with Gasteiger partial charge in [-0.25, -0.2) is 0 Å². The summed E-state index contributed by atoms with van der Waals surface area (Å²) in [4.78, 5) is 27.4. The van der Waals surface area contributed by atoms with Gasteiger partial charge in [-0.05, 0) is 53.1 Å². The Morgan fingerprint density at radius 2 is 1.36 bits per heavy atom. The van der Waals surface area contributed by atoms with Gasteiger partial charge in [0.15, 0.2) is 6.61 Å². The lowest BCUT2D eigenvalue weighted by molar-refractivity contribution is -0.134. The van der Waals surface area contributed by atoms with E-state index in [4.69, 9.17) is 10.5 Å². The van der Waals surface area contributed by atoms with Gasteiger partial charge in [0.1, 0.15) is 5.75 Å². The van der Waals surface area contributed by atoms with E-state index in [2.05, 4.69) is 5.32 Å². The normalized spacial score (nSPS) is 10.5. The van der Waals surface area contributed by atoms with E-state index < -0.39 is 0 Å². The van der Waals surface area contributed by atoms with E-state index in [0.29, 0.717) is 36.6 Å². The fourth-order valence-corrected chi connectivity index (χ4v) is 3.77. The van der Waals surface area contributed by atoms with Gasteiger partial charge in [0.25, 0.3) is 11.8 Å². The molecule has 4 rings (SSSR count). The monoisotopic (exact) mass is 479 g/mol. The first kappa shape index (κ1) is 24.7. The van der Waals surface area contributed by atoms with Crippen molar-refractivity contribution in [2.75, 3.05) is 11.9 Å². The van der Waals surface area contributed by atoms with Crippen molar-refractivity contribution in [1.82, 2.24) is 4.90 Å². The number of ether oxygens (including phenoxy) is 1. The molecule has 4 aromatic carbocycles. The Hall–Kier alpha value is -4.42. The highest BCUT2D eigenvalue weighted by molar-refractivity contribution is 6.04. The largest absolute Gasteiger partial charge is 0.484 e. The maximum absolute atomic E-state index is 13.2. The van der Waals surface area contributed by atoms with Crippen LogP contribution < -0.4 is 15.8 Å². The Bertz CT molecular complexity index is 1280. The predicted molar refractivity (Wildman–Crippen MR) is 141 cm³/mol. The highest BCUT2D eigenvalue weighted by atomic mass is 16.5. The first-order valence-electron chi connectivity index (χ1n) is 11.8. The molecular weight excluding hydrogens is 450 g/mol. The van der Waals surface area contributed by atoms with Crippen LogP contribution in [0.4, 0.5) is 5.69 Å². The first-order valence-corrected chi connectivity index (χ1v) is 11.8. The van der Waals surface area contributed by atoms with E-state index in [9.17, 15) is 9.59 Å². The van der Waals surface area contributed by atoms with E-state index in [1.165, 1.54) is 0 Å². The van der Waals surface area contributed by atoms with Crippen molar-refractivity contribution in [3.63, 3.8) is 0 Å². The molecule has 0 unspecified atom stereocenters. The second-order valence-electron chi connectivity index (χ2n) is 8.39. The number of anilines is 1. The molecule has 0 saturated heterocycles. The summed E-state index contributed by atoms with van der Waals surface area (Å²) in [6.45, 7) is 1.20. The average Bonchev–Trinajstić information content (AvgIpc) is 2.93. The lowest BCUT2D eigenvalue weighted by Crippen LogP contribution is -2.34. The zero-order valence-corrected chi connectivity index (χ0v) is 20.0. The van der Waals surface area contributed by atoms with E-state index >= 15 is 0 Å². The minimum atomic E-state index is -0.169. The van der Waals surface area contributed by atoms with Gasteiger partial charge in [0, 0.05) is 30.9 Å². The van der Waals surface area contributed by atoms with Crippen molar-refractivity contribution >= 4 is 17.5 Å². The van der Waals surface area contributed by atoms with Gasteiger partial charge in [0.2, 0.25) is 0 Å². The van der Waals surface area contributed by atoms with Crippen molar-refractivity contribution in [3.8, 4) is 5.75 Å². The van der Waals surface area contributed by atoms with Gasteiger partial charge in [-0.15, -0.1) is 0 Å². The molecule has 0 aromatic heterocycles. The van der Waals surface area contributed by atoms with Crippen molar-refractivity contribution in [3.05, 3.63) is 131 Å². The van der Waals surface area contributed by atoms with Crippen LogP contribution >= 0.6 is 0 Å². The molecular formula is C30H29N3O3. The fraction of sp³-hybridized carbons (Fsp3) is 0.133. The molecule has 0 heterocycles. The van der Waals surface area contributed by atoms with Gasteiger partial charge < -0.3 is 20.7 Å². The third-order valence-corrected chi connectivity index (χ3v) is 5.68. The Morgan fingerprint density at radius 1 is 0.722 bits per heavy atom. The van der Waals surface area contributed by atoms with Crippen LogP contribution in [0.2, 0.25) is 0 Å². The number of nitrogens with two attached hydrogens (primary N) is 1. The van der Waals surface area contributed by atoms with Crippen LogP contribution in [-0.2, 0) is 24.4 Å². The van der Waals surface area contributed by atoms with Crippen molar-refractivity contribution in [2.24, 2.45) is 5.73 Å². The molecule has 6 nitrogen and oxygen atoms in total. The lowest BCUT2D eigenvalue weighted by atomic mass is 10.1. The van der Waals surface area contributed by atoms with Crippen molar-refractivity contribution in [1.29, 1.82) is 0 Å². The molecule has 0 aliphatic rings. The molecule has 3 N–H and O–H groups in total. The van der Waals surface area contributed by atoms with Gasteiger partial charge in [-0.3, -0.25) is 9.59 Å². The fourth-order valence-electron chi connectivity index (χ4n) is 3.77. The summed E-state index contributed by atoms with van der Waals surface area (Å²) in [6.07, 6.45) is 0. The average molecular weight is 480 g/mol. The van der Waals surface area contributed by atoms with Crippen LogP contribution in [0, 0.1) is 0 Å². The molecule has 0 aliphatic carbocycles. The zero-order chi connectivity index (χ0) is 25.2. The SMILES string of the molecule is NCc1cccc(CN(Cc2ccc(NC(=O)c3ccccc3)cc2)C(=O)COc2ccccc2)c1. The molecule has 0 aliphatic heterocycles. The molecule has 0 bridgehead atoms. The van der Waals surface area contributed by atoms with Crippen LogP contribution in [0.3, 0.4) is 0 Å². The number of hydrogen-bond donors (Lipinski definition) is 2. The number of amides is 2. The molecule has 6 heteroatoms. The smallest absolute Gasteiger partial charge is 0.261 e. The number of rotatable bonds is 10. The van der Waals surface area contributed by atoms with E-state index in [-0.39, 0.29) is 18.4 Å². The Labute approximate surface area is 211 Å². The molecule has 182 valence electrons. The number of para-hydroxylation sites is 1. The van der Waals surface area contributed by atoms with Crippen molar-refractivity contribution in [2.45, 2.75) is 19.6 Å². The third kappa shape index (κ3) is 7.04. The maximum atomic E-state index is 13.2. The number of hydrogen-bond acceptors (Lipinski definition) is 4. The standard InChI is InChI=1S/C30H29N3O3/c31-19-24-8-7-9-25(18-24)21-33(29(34)22-36-28-12-5-2-6-13-28)20-23-14-16-27(17-15-23)32-30(35)26-10-3-1-4-11-26/h1-18H,19-22,31H2,(H,32,35). The van der Waals surface area contributed by atoms with Crippen LogP contribution in [0.25, 0.3) is 0 Å². The Kier molecular flexibility index (Phi) is 8.46. The topological polar surface area (TPSA) is 84.7 Å². The van der Waals surface area contributed by atoms with Crippen LogP contribution in [-0.4, -0.2) is 23.3 Å². The van der Waals surface area contributed by atoms with Gasteiger partial charge >= 0.3 is 0 Å². The zero-order valence-electron chi connectivity index (χ0n) is 20.0. The van der Waals surface area contributed by atoms with E-state index in [1.54, 1.807) is 17.0 Å². The molecule has 0 atom stereocenters. The van der Waals surface area contributed by atoms with Gasteiger partial charge in [-0.1, -0.05) is 72.8 Å². The molecule has 0 spiro atoms. The summed E-state index contributed by atoms with van der Waals surface area (Å²) in [5.74, 6) is 0.353. The van der Waals surface area contributed by atoms with Crippen LogP contribution in [0.1, 0.15) is 27.0 Å². The van der Waals surface area contributed by atoms with E-state index in [1.807, 2.05) is 97.1 Å². The molecule has 36 heavy (non-hydrogen) atoms. The number of nitrogens with zero attached hydrogens (tertiary/aromatic N) is 1. The van der Waals surface area contributed by atoms with Gasteiger partial charge in [-0.2, -0.15) is 0 Å². The quantitative estimate of drug-likeness (QED) is 0.335. The summed E-state index contributed by atoms with van der Waals surface area (Å²) < 4.78 is 5.72. The molecule has 0 fully saturated rings. The second-order valence-corrected chi connectivity index (χ2v) is 8.39. The summed E-state index contributed by atoms with van der Waals surface area (Å²) in [5.41, 5.74) is 10.0. The van der Waals surface area contributed by atoms with Gasteiger partial charge in [0.05, 0.1) is 0 Å². The molecule has 0 saturated carbocycles. The highest BCUT2D eigenvalue weighted by Gasteiger charge is 2.16. The summed E-state index contributed by atoms with van der Waals surface area (Å²) in [7, 11) is 0. The van der Waals surface area contributed by atoms with Crippen LogP contribution in [0.5, 0.6) is 5.75 Å². The lowest BCUT2D eigenvalue weighted by Gasteiger charge is -2.24. The minimum Gasteiger partial charge on any atom is -0.484 e. The number of carbonyl (C=O) groups is 2. The van der Waals surface area contributed by atoms with Crippen LogP contribution in [0.15, 0.2) is 109 Å². The Morgan fingerprint density at radius 3 is 2.06 bits per heavy atom. The summed E-state index contributed by atoms with van der Waals surface area (Å²) in [5, 5.41) is 2.90. The second kappa shape index (κ2) is 12.3. The highest BCUT2D eigenvalue weighted by Crippen LogP contribution is 2.17. The minimum absolute atomic E-state index is 0.0637. The molecule has 2 amide bonds. The molecule has 0 radical (unpaired) electrons. The number of benzene rings is 4. The first-order chi connectivity index (χ1) is 17.6. The number of nitrogens with one attached hydrogen (secondary N) is 1. The van der Waals surface area contributed by atoms with Crippen molar-refractivity contribution < 1.29 is 14.3 Å². The number of carbonyl (C=O) groups excluding carboxylic acids is 2. The summed E-state index contributed by atoms with van der Waals surface area (Å²) in [6, 6.07) is 33.8. The molecule has 4 aromatic rings. The predicted octanol–water partition coefficient (Wildman–Crippen LogP) is 5.01. The summed E-state index contributed by atoms with van der Waals surface area (Å²) >= 11 is 0.